The van der Waals surface area contributed by atoms with Crippen molar-refractivity contribution in [3.8, 4) is 0 Å². The number of hydrogen-bond acceptors (Lipinski definition) is 3. The van der Waals surface area contributed by atoms with E-state index in [2.05, 4.69) is 17.2 Å². The SMILES string of the molecule is Cc1ccc(C(=O)N2CCNCC2c2nccn2C)cc1C. The van der Waals surface area contributed by atoms with Gasteiger partial charge in [-0.2, -0.15) is 0 Å². The number of carbonyl (C=O) groups is 1. The third-order valence-electron chi connectivity index (χ3n) is 4.41. The Kier molecular flexibility index (Phi) is 3.98. The predicted molar refractivity (Wildman–Crippen MR) is 85.8 cm³/mol. The van der Waals surface area contributed by atoms with Gasteiger partial charge in [-0.15, -0.1) is 0 Å². The molecule has 1 fully saturated rings. The predicted octanol–water partition coefficient (Wildman–Crippen LogP) is 1.82. The van der Waals surface area contributed by atoms with Gasteiger partial charge in [0, 0.05) is 44.6 Å². The molecule has 0 spiro atoms. The van der Waals surface area contributed by atoms with Gasteiger partial charge < -0.3 is 14.8 Å². The fourth-order valence-electron chi connectivity index (χ4n) is 2.92. The van der Waals surface area contributed by atoms with Gasteiger partial charge >= 0.3 is 0 Å². The van der Waals surface area contributed by atoms with Gasteiger partial charge in [0.25, 0.3) is 5.91 Å². The average Bonchev–Trinajstić information content (AvgIpc) is 2.95. The van der Waals surface area contributed by atoms with E-state index in [0.717, 1.165) is 30.0 Å². The van der Waals surface area contributed by atoms with Crippen LogP contribution in [0.5, 0.6) is 0 Å². The summed E-state index contributed by atoms with van der Waals surface area (Å²) >= 11 is 0. The molecule has 0 bridgehead atoms. The van der Waals surface area contributed by atoms with Crippen LogP contribution in [0.3, 0.4) is 0 Å². The van der Waals surface area contributed by atoms with Crippen LogP contribution in [-0.2, 0) is 7.05 Å². The monoisotopic (exact) mass is 298 g/mol. The molecule has 1 aliphatic heterocycles. The number of piperazine rings is 1. The third kappa shape index (κ3) is 2.64. The molecular weight excluding hydrogens is 276 g/mol. The number of benzene rings is 1. The molecule has 1 aliphatic rings. The Bertz CT molecular complexity index is 692. The molecule has 116 valence electrons. The summed E-state index contributed by atoms with van der Waals surface area (Å²) in [6.07, 6.45) is 3.70. The van der Waals surface area contributed by atoms with Crippen molar-refractivity contribution in [2.45, 2.75) is 19.9 Å². The quantitative estimate of drug-likeness (QED) is 0.920. The van der Waals surface area contributed by atoms with Crippen LogP contribution < -0.4 is 5.32 Å². The van der Waals surface area contributed by atoms with Crippen LogP contribution in [0.2, 0.25) is 0 Å². The van der Waals surface area contributed by atoms with E-state index in [-0.39, 0.29) is 11.9 Å². The second-order valence-corrected chi connectivity index (χ2v) is 5.91. The van der Waals surface area contributed by atoms with Gasteiger partial charge in [0.1, 0.15) is 11.9 Å². The molecule has 2 heterocycles. The first-order valence-electron chi connectivity index (χ1n) is 7.64. The lowest BCUT2D eigenvalue weighted by Gasteiger charge is -2.36. The molecule has 1 aromatic heterocycles. The van der Waals surface area contributed by atoms with E-state index in [1.807, 2.05) is 47.8 Å². The molecule has 0 aliphatic carbocycles. The Morgan fingerprint density at radius 2 is 2.14 bits per heavy atom. The average molecular weight is 298 g/mol. The third-order valence-corrected chi connectivity index (χ3v) is 4.41. The fraction of sp³-hybridized carbons (Fsp3) is 0.412. The van der Waals surface area contributed by atoms with Gasteiger partial charge in [0.2, 0.25) is 0 Å². The largest absolute Gasteiger partial charge is 0.336 e. The molecule has 1 unspecified atom stereocenters. The molecule has 3 rings (SSSR count). The highest BCUT2D eigenvalue weighted by molar-refractivity contribution is 5.94. The Hall–Kier alpha value is -2.14. The van der Waals surface area contributed by atoms with Gasteiger partial charge in [0.05, 0.1) is 0 Å². The lowest BCUT2D eigenvalue weighted by Crippen LogP contribution is -2.49. The molecule has 2 aromatic rings. The Morgan fingerprint density at radius 3 is 2.82 bits per heavy atom. The minimum absolute atomic E-state index is 0.0251. The number of hydrogen-bond donors (Lipinski definition) is 1. The smallest absolute Gasteiger partial charge is 0.254 e. The van der Waals surface area contributed by atoms with Gasteiger partial charge in [-0.05, 0) is 37.1 Å². The van der Waals surface area contributed by atoms with Gasteiger partial charge in [-0.25, -0.2) is 4.98 Å². The Balaban J connectivity index is 1.91. The Labute approximate surface area is 131 Å². The minimum Gasteiger partial charge on any atom is -0.336 e. The summed E-state index contributed by atoms with van der Waals surface area (Å²) in [4.78, 5) is 19.3. The summed E-state index contributed by atoms with van der Waals surface area (Å²) in [5, 5.41) is 3.36. The Morgan fingerprint density at radius 1 is 1.32 bits per heavy atom. The van der Waals surface area contributed by atoms with Crippen molar-refractivity contribution in [3.63, 3.8) is 0 Å². The lowest BCUT2D eigenvalue weighted by atomic mass is 10.0. The molecule has 5 heteroatoms. The molecule has 0 radical (unpaired) electrons. The number of nitrogens with one attached hydrogen (secondary N) is 1. The van der Waals surface area contributed by atoms with Crippen LogP contribution in [0.15, 0.2) is 30.6 Å². The van der Waals surface area contributed by atoms with Crippen molar-refractivity contribution >= 4 is 5.91 Å². The van der Waals surface area contributed by atoms with E-state index < -0.39 is 0 Å². The van der Waals surface area contributed by atoms with Gasteiger partial charge in [-0.1, -0.05) is 6.07 Å². The number of aryl methyl sites for hydroxylation is 3. The molecule has 22 heavy (non-hydrogen) atoms. The first-order valence-corrected chi connectivity index (χ1v) is 7.64. The number of carbonyl (C=O) groups excluding carboxylic acids is 1. The van der Waals surface area contributed by atoms with Crippen LogP contribution in [0.1, 0.15) is 33.4 Å². The molecule has 5 nitrogen and oxygen atoms in total. The minimum atomic E-state index is -0.0251. The van der Waals surface area contributed by atoms with Crippen LogP contribution in [0, 0.1) is 13.8 Å². The molecular formula is C17H22N4O. The standard InChI is InChI=1S/C17H22N4O/c1-12-4-5-14(10-13(12)2)17(22)21-9-6-18-11-15(21)16-19-7-8-20(16)3/h4-5,7-8,10,15,18H,6,9,11H2,1-3H3. The lowest BCUT2D eigenvalue weighted by molar-refractivity contribution is 0.0621. The topological polar surface area (TPSA) is 50.2 Å². The molecule has 1 N–H and O–H groups in total. The zero-order valence-electron chi connectivity index (χ0n) is 13.3. The summed E-state index contributed by atoms with van der Waals surface area (Å²) in [6, 6.07) is 5.89. The highest BCUT2D eigenvalue weighted by atomic mass is 16.2. The van der Waals surface area contributed by atoms with Crippen molar-refractivity contribution in [2.24, 2.45) is 7.05 Å². The van der Waals surface area contributed by atoms with Crippen molar-refractivity contribution in [3.05, 3.63) is 53.1 Å². The molecule has 1 amide bonds. The summed E-state index contributed by atoms with van der Waals surface area (Å²) in [7, 11) is 1.97. The van der Waals surface area contributed by atoms with Gasteiger partial charge in [-0.3, -0.25) is 4.79 Å². The number of amides is 1. The maximum atomic E-state index is 12.9. The summed E-state index contributed by atoms with van der Waals surface area (Å²) < 4.78 is 1.98. The summed E-state index contributed by atoms with van der Waals surface area (Å²) in [6.45, 7) is 6.35. The van der Waals surface area contributed by atoms with E-state index in [4.69, 9.17) is 0 Å². The van der Waals surface area contributed by atoms with E-state index in [1.54, 1.807) is 6.20 Å². The van der Waals surface area contributed by atoms with Crippen molar-refractivity contribution in [1.82, 2.24) is 19.8 Å². The summed E-state index contributed by atoms with van der Waals surface area (Å²) in [5.41, 5.74) is 3.11. The van der Waals surface area contributed by atoms with Crippen LogP contribution >= 0.6 is 0 Å². The first-order chi connectivity index (χ1) is 10.6. The van der Waals surface area contributed by atoms with E-state index >= 15 is 0 Å². The van der Waals surface area contributed by atoms with E-state index in [0.29, 0.717) is 6.54 Å². The zero-order chi connectivity index (χ0) is 15.7. The zero-order valence-corrected chi connectivity index (χ0v) is 13.3. The fourth-order valence-corrected chi connectivity index (χ4v) is 2.92. The number of imidazole rings is 1. The highest BCUT2D eigenvalue weighted by Gasteiger charge is 2.31. The maximum Gasteiger partial charge on any atom is 0.254 e. The van der Waals surface area contributed by atoms with Crippen molar-refractivity contribution in [1.29, 1.82) is 0 Å². The molecule has 1 saturated heterocycles. The van der Waals surface area contributed by atoms with Crippen molar-refractivity contribution < 1.29 is 4.79 Å². The summed E-state index contributed by atoms with van der Waals surface area (Å²) in [5.74, 6) is 1.00. The van der Waals surface area contributed by atoms with E-state index in [1.165, 1.54) is 5.56 Å². The molecule has 0 saturated carbocycles. The normalized spacial score (nSPS) is 18.5. The second-order valence-electron chi connectivity index (χ2n) is 5.91. The second kappa shape index (κ2) is 5.93. The number of nitrogens with zero attached hydrogens (tertiary/aromatic N) is 3. The number of aromatic nitrogens is 2. The van der Waals surface area contributed by atoms with Crippen LogP contribution in [-0.4, -0.2) is 40.0 Å². The molecule has 1 aromatic carbocycles. The number of rotatable bonds is 2. The van der Waals surface area contributed by atoms with Crippen LogP contribution in [0.25, 0.3) is 0 Å². The first kappa shape index (κ1) is 14.8. The van der Waals surface area contributed by atoms with Crippen LogP contribution in [0.4, 0.5) is 0 Å². The van der Waals surface area contributed by atoms with Crippen molar-refractivity contribution in [2.75, 3.05) is 19.6 Å². The maximum absolute atomic E-state index is 12.9. The molecule has 1 atom stereocenters. The van der Waals surface area contributed by atoms with E-state index in [9.17, 15) is 4.79 Å². The highest BCUT2D eigenvalue weighted by Crippen LogP contribution is 2.23. The van der Waals surface area contributed by atoms with Gasteiger partial charge in [0.15, 0.2) is 0 Å².